The average Bonchev–Trinajstić information content (AvgIpc) is 3.17. The van der Waals surface area contributed by atoms with Gasteiger partial charge in [0.2, 0.25) is 0 Å². The van der Waals surface area contributed by atoms with Gasteiger partial charge in [0.25, 0.3) is 0 Å². The fraction of sp³-hybridized carbons (Fsp3) is 0.903. The van der Waals surface area contributed by atoms with Gasteiger partial charge < -0.3 is 4.74 Å². The summed E-state index contributed by atoms with van der Waals surface area (Å²) >= 11 is 6.14. The van der Waals surface area contributed by atoms with E-state index in [1.165, 1.54) is 83.5 Å². The number of carbonyl (C=O) groups is 1. The number of hydrogen-bond donors (Lipinski definition) is 0. The number of allylic oxidation sites excluding steroid dienone is 1. The van der Waals surface area contributed by atoms with E-state index in [-0.39, 0.29) is 12.1 Å². The van der Waals surface area contributed by atoms with Gasteiger partial charge in [-0.3, -0.25) is 4.79 Å². The van der Waals surface area contributed by atoms with E-state index in [1.54, 1.807) is 5.57 Å². The molecule has 4 aliphatic rings. The van der Waals surface area contributed by atoms with Crippen LogP contribution in [-0.2, 0) is 9.53 Å². The maximum atomic E-state index is 12.3. The van der Waals surface area contributed by atoms with E-state index < -0.39 is 5.38 Å². The van der Waals surface area contributed by atoms with Crippen LogP contribution in [0.25, 0.3) is 0 Å². The predicted octanol–water partition coefficient (Wildman–Crippen LogP) is 9.25. The second-order valence-electron chi connectivity index (χ2n) is 12.8. The molecule has 0 spiro atoms. The van der Waals surface area contributed by atoms with Gasteiger partial charge in [0, 0.05) is 6.42 Å². The highest BCUT2D eigenvalue weighted by molar-refractivity contribution is 6.29. The summed E-state index contributed by atoms with van der Waals surface area (Å²) in [5.41, 5.74) is 2.48. The van der Waals surface area contributed by atoms with Crippen molar-refractivity contribution < 1.29 is 9.53 Å². The zero-order chi connectivity index (χ0) is 24.3. The molecule has 3 fully saturated rings. The van der Waals surface area contributed by atoms with Crippen molar-refractivity contribution >= 4 is 17.6 Å². The molecule has 3 heteroatoms. The van der Waals surface area contributed by atoms with Crippen molar-refractivity contribution in [1.29, 1.82) is 0 Å². The van der Waals surface area contributed by atoms with E-state index >= 15 is 0 Å². The fourth-order valence-electron chi connectivity index (χ4n) is 8.89. The Hall–Kier alpha value is -0.500. The van der Waals surface area contributed by atoms with Crippen LogP contribution >= 0.6 is 11.6 Å². The normalized spacial score (nSPS) is 40.0. The highest BCUT2D eigenvalue weighted by Gasteiger charge is 2.58. The monoisotopic (exact) mass is 490 g/mol. The molecule has 1 unspecified atom stereocenters. The Balaban J connectivity index is 1.37. The summed E-state index contributed by atoms with van der Waals surface area (Å²) in [6, 6.07) is 0. The van der Waals surface area contributed by atoms with Crippen LogP contribution in [0.4, 0.5) is 0 Å². The first-order valence-corrected chi connectivity index (χ1v) is 15.3. The first-order valence-electron chi connectivity index (χ1n) is 14.9. The Labute approximate surface area is 215 Å². The molecule has 0 N–H and O–H groups in total. The van der Waals surface area contributed by atoms with Gasteiger partial charge >= 0.3 is 5.97 Å². The third-order valence-electron chi connectivity index (χ3n) is 11.1. The van der Waals surface area contributed by atoms with Crippen LogP contribution in [-0.4, -0.2) is 17.5 Å². The van der Waals surface area contributed by atoms with Gasteiger partial charge in [-0.1, -0.05) is 77.9 Å². The molecule has 8 atom stereocenters. The summed E-state index contributed by atoms with van der Waals surface area (Å²) in [4.78, 5) is 12.3. The topological polar surface area (TPSA) is 26.3 Å². The second kappa shape index (κ2) is 11.3. The molecule has 0 aliphatic heterocycles. The van der Waals surface area contributed by atoms with Crippen LogP contribution in [0.5, 0.6) is 0 Å². The van der Waals surface area contributed by atoms with Crippen LogP contribution in [0.2, 0.25) is 0 Å². The van der Waals surface area contributed by atoms with E-state index in [0.29, 0.717) is 17.3 Å². The number of ether oxygens (including phenoxy) is 1. The highest BCUT2D eigenvalue weighted by atomic mass is 35.5. The molecule has 194 valence electrons. The van der Waals surface area contributed by atoms with Gasteiger partial charge in [-0.25, -0.2) is 0 Å². The molecule has 0 aromatic carbocycles. The zero-order valence-electron chi connectivity index (χ0n) is 22.5. The van der Waals surface area contributed by atoms with Gasteiger partial charge in [-0.05, 0) is 92.3 Å². The number of unbranched alkanes of at least 4 members (excludes halogenated alkanes) is 5. The van der Waals surface area contributed by atoms with Crippen molar-refractivity contribution in [3.63, 3.8) is 0 Å². The van der Waals surface area contributed by atoms with E-state index in [0.717, 1.165) is 36.5 Å². The number of hydrogen-bond acceptors (Lipinski definition) is 2. The Morgan fingerprint density at radius 2 is 1.79 bits per heavy atom. The summed E-state index contributed by atoms with van der Waals surface area (Å²) in [5.74, 6) is 3.35. The molecule has 3 saturated carbocycles. The van der Waals surface area contributed by atoms with Gasteiger partial charge in [0.05, 0.1) is 0 Å². The molecule has 2 nitrogen and oxygen atoms in total. The van der Waals surface area contributed by atoms with Gasteiger partial charge in [-0.2, -0.15) is 0 Å². The van der Waals surface area contributed by atoms with Gasteiger partial charge in [-0.15, -0.1) is 11.6 Å². The minimum Gasteiger partial charge on any atom is -0.461 e. The van der Waals surface area contributed by atoms with Crippen molar-refractivity contribution in [2.24, 2.45) is 34.5 Å². The van der Waals surface area contributed by atoms with E-state index in [1.807, 2.05) is 6.92 Å². The van der Waals surface area contributed by atoms with Crippen LogP contribution in [0.15, 0.2) is 11.6 Å². The summed E-state index contributed by atoms with van der Waals surface area (Å²) < 4.78 is 5.83. The number of halogens is 1. The summed E-state index contributed by atoms with van der Waals surface area (Å²) in [6.07, 6.45) is 23.4. The zero-order valence-corrected chi connectivity index (χ0v) is 23.3. The molecule has 4 rings (SSSR count). The predicted molar refractivity (Wildman–Crippen MR) is 143 cm³/mol. The molecule has 34 heavy (non-hydrogen) atoms. The maximum Gasteiger partial charge on any atom is 0.324 e. The summed E-state index contributed by atoms with van der Waals surface area (Å²) in [7, 11) is 0. The third-order valence-corrected chi connectivity index (χ3v) is 11.5. The lowest BCUT2D eigenvalue weighted by Crippen LogP contribution is -2.50. The smallest absolute Gasteiger partial charge is 0.324 e. The highest BCUT2D eigenvalue weighted by Crippen LogP contribution is 2.66. The van der Waals surface area contributed by atoms with Crippen molar-refractivity contribution in [1.82, 2.24) is 0 Å². The van der Waals surface area contributed by atoms with E-state index in [4.69, 9.17) is 16.3 Å². The first kappa shape index (κ1) is 26.6. The second-order valence-corrected chi connectivity index (χ2v) is 13.3. The van der Waals surface area contributed by atoms with Crippen molar-refractivity contribution in [2.45, 2.75) is 142 Å². The molecule has 0 amide bonds. The Kier molecular flexibility index (Phi) is 8.80. The molecule has 0 bridgehead atoms. The summed E-state index contributed by atoms with van der Waals surface area (Å²) in [5, 5.41) is -0.499. The minimum atomic E-state index is -0.499. The Morgan fingerprint density at radius 3 is 2.56 bits per heavy atom. The number of esters is 1. The molecule has 0 radical (unpaired) electrons. The standard InChI is InChI=1S/C31H51ClO2/c1-5-7-8-9-10-11-12-22-14-16-26-25-15-13-23-21-24(34-29(33)28(32)6-2)17-19-31(23,4)27(25)18-20-30(22,26)3/h13,22,24-28H,5-12,14-21H2,1-4H3/t22-,24-,25-,26-,27-,28?,30+,31-/m0/s1. The number of fused-ring (bicyclic) bond motifs is 5. The van der Waals surface area contributed by atoms with Crippen LogP contribution in [0, 0.1) is 34.5 Å². The number of rotatable bonds is 10. The fourth-order valence-corrected chi connectivity index (χ4v) is 8.94. The Morgan fingerprint density at radius 1 is 1.03 bits per heavy atom. The first-order chi connectivity index (χ1) is 16.3. The number of carbonyl (C=O) groups excluding carboxylic acids is 1. The van der Waals surface area contributed by atoms with Crippen molar-refractivity contribution in [3.8, 4) is 0 Å². The third kappa shape index (κ3) is 5.14. The lowest BCUT2D eigenvalue weighted by atomic mass is 9.47. The van der Waals surface area contributed by atoms with Crippen molar-refractivity contribution in [2.75, 3.05) is 0 Å². The maximum absolute atomic E-state index is 12.3. The molecule has 0 aromatic heterocycles. The summed E-state index contributed by atoms with van der Waals surface area (Å²) in [6.45, 7) is 9.48. The van der Waals surface area contributed by atoms with E-state index in [9.17, 15) is 4.79 Å². The van der Waals surface area contributed by atoms with Gasteiger partial charge in [0.15, 0.2) is 0 Å². The quantitative estimate of drug-likeness (QED) is 0.132. The molecular weight excluding hydrogens is 440 g/mol. The van der Waals surface area contributed by atoms with Crippen LogP contribution < -0.4 is 0 Å². The van der Waals surface area contributed by atoms with E-state index in [2.05, 4.69) is 26.8 Å². The SMILES string of the molecule is CCCCCCCC[C@H]1CC[C@H]2[C@@H]3CC=C4C[C@@H](OC(=O)C(Cl)CC)CC[C@]4(C)[C@H]3CC[C@]12C. The largest absolute Gasteiger partial charge is 0.461 e. The lowest BCUT2D eigenvalue weighted by Gasteiger charge is -2.58. The molecule has 4 aliphatic carbocycles. The average molecular weight is 491 g/mol. The Bertz CT molecular complexity index is 731. The number of alkyl halides is 1. The molecule has 0 heterocycles. The van der Waals surface area contributed by atoms with Gasteiger partial charge in [0.1, 0.15) is 11.5 Å². The molecule has 0 aromatic rings. The molecular formula is C31H51ClO2. The van der Waals surface area contributed by atoms with Crippen LogP contribution in [0.3, 0.4) is 0 Å². The molecule has 0 saturated heterocycles. The van der Waals surface area contributed by atoms with Crippen LogP contribution in [0.1, 0.15) is 130 Å². The lowest BCUT2D eigenvalue weighted by molar-refractivity contribution is -0.151. The minimum absolute atomic E-state index is 0.0261. The van der Waals surface area contributed by atoms with Crippen molar-refractivity contribution in [3.05, 3.63) is 11.6 Å².